The summed E-state index contributed by atoms with van der Waals surface area (Å²) >= 11 is 0. The Morgan fingerprint density at radius 2 is 1.60 bits per heavy atom. The van der Waals surface area contributed by atoms with Crippen LogP contribution in [-0.4, -0.2) is 20.0 Å². The van der Waals surface area contributed by atoms with Crippen molar-refractivity contribution in [3.63, 3.8) is 0 Å². The van der Waals surface area contributed by atoms with Crippen molar-refractivity contribution in [3.8, 4) is 0 Å². The molecule has 0 amide bonds. The maximum atomic E-state index is 10.8. The molecule has 1 aromatic heterocycles. The number of H-pyrrole nitrogens is 2. The van der Waals surface area contributed by atoms with Gasteiger partial charge in [0.05, 0.1) is 0 Å². The normalized spacial score (nSPS) is 8.13. The Hall–Kier alpha value is -1.89. The molecule has 0 bridgehead atoms. The van der Waals surface area contributed by atoms with Gasteiger partial charge in [0.25, 0.3) is 0 Å². The standard InChI is InChI=1S/C5H7N3O3.C3H6.H2O/c1-2-8-4(10)6-3(9)7-5(8)11;1-3-2;/h2H2,1H3,(H2,6,7,9,10,11);3H,1H2,2H3;1H2. The Kier molecular flexibility index (Phi) is 7.80. The minimum atomic E-state index is -0.773. The lowest BCUT2D eigenvalue weighted by Crippen LogP contribution is -2.42. The second-order valence-electron chi connectivity index (χ2n) is 2.34. The Balaban J connectivity index is 0. The molecule has 86 valence electrons. The first kappa shape index (κ1) is 15.6. The van der Waals surface area contributed by atoms with Crippen molar-refractivity contribution in [3.05, 3.63) is 44.1 Å². The lowest BCUT2D eigenvalue weighted by Gasteiger charge is -1.94. The smallest absolute Gasteiger partial charge is 0.333 e. The molecule has 7 heteroatoms. The van der Waals surface area contributed by atoms with Crippen molar-refractivity contribution in [2.45, 2.75) is 20.4 Å². The van der Waals surface area contributed by atoms with E-state index in [1.54, 1.807) is 13.0 Å². The first-order valence-electron chi connectivity index (χ1n) is 4.07. The molecule has 4 N–H and O–H groups in total. The zero-order valence-corrected chi connectivity index (χ0v) is 8.66. The van der Waals surface area contributed by atoms with Gasteiger partial charge in [-0.3, -0.25) is 9.97 Å². The summed E-state index contributed by atoms with van der Waals surface area (Å²) in [5.41, 5.74) is -2.13. The highest BCUT2D eigenvalue weighted by Gasteiger charge is 1.97. The monoisotopic (exact) mass is 217 g/mol. The molecule has 1 heterocycles. The van der Waals surface area contributed by atoms with E-state index in [0.717, 1.165) is 4.57 Å². The lowest BCUT2D eigenvalue weighted by atomic mass is 10.7. The molecule has 0 aliphatic carbocycles. The Bertz CT molecular complexity index is 420. The largest absolute Gasteiger partial charge is 0.412 e. The van der Waals surface area contributed by atoms with Crippen LogP contribution in [0.5, 0.6) is 0 Å². The fourth-order valence-electron chi connectivity index (χ4n) is 0.740. The molecule has 1 rings (SSSR count). The summed E-state index contributed by atoms with van der Waals surface area (Å²) in [5.74, 6) is 0. The minimum Gasteiger partial charge on any atom is -0.412 e. The summed E-state index contributed by atoms with van der Waals surface area (Å²) < 4.78 is 0.890. The third-order valence-electron chi connectivity index (χ3n) is 1.25. The van der Waals surface area contributed by atoms with Gasteiger partial charge < -0.3 is 5.48 Å². The van der Waals surface area contributed by atoms with Crippen LogP contribution in [0.3, 0.4) is 0 Å². The molecule has 0 atom stereocenters. The van der Waals surface area contributed by atoms with E-state index in [1.807, 2.05) is 16.9 Å². The number of hydrogen-bond acceptors (Lipinski definition) is 3. The fourth-order valence-corrected chi connectivity index (χ4v) is 0.740. The predicted molar refractivity (Wildman–Crippen MR) is 57.1 cm³/mol. The van der Waals surface area contributed by atoms with E-state index in [-0.39, 0.29) is 12.0 Å². The van der Waals surface area contributed by atoms with Gasteiger partial charge in [0.15, 0.2) is 0 Å². The van der Waals surface area contributed by atoms with E-state index >= 15 is 0 Å². The number of aromatic amines is 2. The molecule has 7 nitrogen and oxygen atoms in total. The highest BCUT2D eigenvalue weighted by molar-refractivity contribution is 4.67. The summed E-state index contributed by atoms with van der Waals surface area (Å²) in [6.45, 7) is 7.12. The van der Waals surface area contributed by atoms with Gasteiger partial charge >= 0.3 is 17.1 Å². The van der Waals surface area contributed by atoms with Crippen LogP contribution in [0.4, 0.5) is 0 Å². The Morgan fingerprint density at radius 1 is 1.27 bits per heavy atom. The second kappa shape index (κ2) is 7.51. The van der Waals surface area contributed by atoms with Gasteiger partial charge in [-0.15, -0.1) is 6.58 Å². The van der Waals surface area contributed by atoms with E-state index in [0.29, 0.717) is 0 Å². The van der Waals surface area contributed by atoms with Crippen LogP contribution in [0.15, 0.2) is 27.0 Å². The highest BCUT2D eigenvalue weighted by Crippen LogP contribution is 1.60. The topological polar surface area (TPSA) is 119 Å². The zero-order valence-electron chi connectivity index (χ0n) is 8.66. The van der Waals surface area contributed by atoms with Gasteiger partial charge in [0.2, 0.25) is 0 Å². The van der Waals surface area contributed by atoms with E-state index in [2.05, 4.69) is 6.58 Å². The molecule has 0 aliphatic rings. The number of allylic oxidation sites excluding steroid dienone is 1. The third-order valence-corrected chi connectivity index (χ3v) is 1.25. The molecule has 0 unspecified atom stereocenters. The average molecular weight is 217 g/mol. The molecule has 0 fully saturated rings. The number of nitrogens with zero attached hydrogens (tertiary/aromatic N) is 1. The van der Waals surface area contributed by atoms with Gasteiger partial charge in [0.1, 0.15) is 0 Å². The van der Waals surface area contributed by atoms with E-state index in [1.165, 1.54) is 0 Å². The van der Waals surface area contributed by atoms with Crippen LogP contribution in [0.2, 0.25) is 0 Å². The quantitative estimate of drug-likeness (QED) is 0.563. The molecule has 0 aliphatic heterocycles. The Morgan fingerprint density at radius 3 is 1.87 bits per heavy atom. The van der Waals surface area contributed by atoms with E-state index < -0.39 is 17.1 Å². The van der Waals surface area contributed by atoms with E-state index in [4.69, 9.17) is 0 Å². The van der Waals surface area contributed by atoms with Gasteiger partial charge in [-0.05, 0) is 13.8 Å². The molecule has 0 spiro atoms. The zero-order chi connectivity index (χ0) is 11.1. The minimum absolute atomic E-state index is 0. The van der Waals surface area contributed by atoms with Crippen LogP contribution in [0, 0.1) is 0 Å². The SMILES string of the molecule is C=CC.CCn1c(=O)[nH]c(=O)[nH]c1=O.O. The molecule has 0 radical (unpaired) electrons. The van der Waals surface area contributed by atoms with Gasteiger partial charge in [-0.1, -0.05) is 6.08 Å². The second-order valence-corrected chi connectivity index (χ2v) is 2.34. The molecule has 0 saturated heterocycles. The summed E-state index contributed by atoms with van der Waals surface area (Å²) in [6, 6.07) is 0. The fraction of sp³-hybridized carbons (Fsp3) is 0.375. The summed E-state index contributed by atoms with van der Waals surface area (Å²) in [5, 5.41) is 0. The van der Waals surface area contributed by atoms with Crippen molar-refractivity contribution in [2.75, 3.05) is 0 Å². The number of hydrogen-bond donors (Lipinski definition) is 2. The van der Waals surface area contributed by atoms with Crippen molar-refractivity contribution >= 4 is 0 Å². The molecule has 15 heavy (non-hydrogen) atoms. The maximum Gasteiger partial charge on any atom is 0.333 e. The van der Waals surface area contributed by atoms with Crippen molar-refractivity contribution in [1.82, 2.24) is 14.5 Å². The highest BCUT2D eigenvalue weighted by atomic mass is 16.2. The van der Waals surface area contributed by atoms with Crippen LogP contribution < -0.4 is 17.1 Å². The van der Waals surface area contributed by atoms with Gasteiger partial charge in [-0.25, -0.2) is 19.0 Å². The predicted octanol–water partition coefficient (Wildman–Crippen LogP) is -1.39. The number of rotatable bonds is 1. The summed E-state index contributed by atoms with van der Waals surface area (Å²) in [4.78, 5) is 35.9. The lowest BCUT2D eigenvalue weighted by molar-refractivity contribution is 0.632. The Labute approximate surface area is 85.4 Å². The molecular weight excluding hydrogens is 202 g/mol. The van der Waals surface area contributed by atoms with Crippen molar-refractivity contribution in [2.24, 2.45) is 0 Å². The summed E-state index contributed by atoms with van der Waals surface area (Å²) in [7, 11) is 0. The van der Waals surface area contributed by atoms with E-state index in [9.17, 15) is 14.4 Å². The van der Waals surface area contributed by atoms with Gasteiger partial charge in [0, 0.05) is 6.54 Å². The van der Waals surface area contributed by atoms with Crippen molar-refractivity contribution in [1.29, 1.82) is 0 Å². The van der Waals surface area contributed by atoms with Crippen LogP contribution in [0.1, 0.15) is 13.8 Å². The average Bonchev–Trinajstić information content (AvgIpc) is 2.04. The molecule has 0 aromatic carbocycles. The van der Waals surface area contributed by atoms with Crippen molar-refractivity contribution < 1.29 is 5.48 Å². The number of nitrogens with one attached hydrogen (secondary N) is 2. The summed E-state index contributed by atoms with van der Waals surface area (Å²) in [6.07, 6.45) is 1.75. The first-order valence-corrected chi connectivity index (χ1v) is 4.07. The molecular formula is C8H15N3O4. The molecule has 0 saturated carbocycles. The maximum absolute atomic E-state index is 10.8. The number of aromatic nitrogens is 3. The first-order chi connectivity index (χ1) is 6.56. The molecule has 1 aromatic rings. The van der Waals surface area contributed by atoms with Gasteiger partial charge in [-0.2, -0.15) is 0 Å². The van der Waals surface area contributed by atoms with Crippen LogP contribution >= 0.6 is 0 Å². The van der Waals surface area contributed by atoms with Crippen LogP contribution in [0.25, 0.3) is 0 Å². The third kappa shape index (κ3) is 4.77. The van der Waals surface area contributed by atoms with Crippen LogP contribution in [-0.2, 0) is 6.54 Å².